The summed E-state index contributed by atoms with van der Waals surface area (Å²) in [6.45, 7) is 0.353. The Balaban J connectivity index is 1.54. The van der Waals surface area contributed by atoms with Crippen molar-refractivity contribution in [3.63, 3.8) is 0 Å². The van der Waals surface area contributed by atoms with Crippen LogP contribution in [-0.2, 0) is 20.6 Å². The van der Waals surface area contributed by atoms with Crippen LogP contribution in [0.25, 0.3) is 33.5 Å². The summed E-state index contributed by atoms with van der Waals surface area (Å²) in [7, 11) is 3.73. The first-order chi connectivity index (χ1) is 16.9. The van der Waals surface area contributed by atoms with Gasteiger partial charge >= 0.3 is 6.03 Å². The lowest BCUT2D eigenvalue weighted by Gasteiger charge is -2.14. The van der Waals surface area contributed by atoms with Gasteiger partial charge in [-0.25, -0.2) is 14.8 Å². The molecule has 176 valence electrons. The van der Waals surface area contributed by atoms with Crippen LogP contribution in [0.2, 0.25) is 5.02 Å². The van der Waals surface area contributed by atoms with E-state index in [0.29, 0.717) is 39.7 Å². The molecule has 0 saturated carbocycles. The molecule has 0 aliphatic carbocycles. The molecule has 35 heavy (non-hydrogen) atoms. The minimum Gasteiger partial charge on any atom is -0.381 e. The lowest BCUT2D eigenvalue weighted by atomic mass is 10.0. The number of hydrogen-bond donors (Lipinski definition) is 3. The van der Waals surface area contributed by atoms with Crippen molar-refractivity contribution in [1.82, 2.24) is 34.6 Å². The number of rotatable bonds is 5. The van der Waals surface area contributed by atoms with E-state index >= 15 is 0 Å². The van der Waals surface area contributed by atoms with E-state index in [2.05, 4.69) is 30.7 Å². The van der Waals surface area contributed by atoms with Crippen LogP contribution < -0.4 is 16.4 Å². The van der Waals surface area contributed by atoms with Gasteiger partial charge in [0, 0.05) is 56.4 Å². The Morgan fingerprint density at radius 2 is 1.97 bits per heavy atom. The molecule has 0 radical (unpaired) electrons. The highest BCUT2D eigenvalue weighted by molar-refractivity contribution is 6.35. The molecule has 5 rings (SSSR count). The first-order valence-corrected chi connectivity index (χ1v) is 11.1. The van der Waals surface area contributed by atoms with Crippen LogP contribution >= 0.6 is 11.6 Å². The van der Waals surface area contributed by atoms with Gasteiger partial charge in [0.05, 0.1) is 10.5 Å². The number of pyridine rings is 1. The molecule has 4 N–H and O–H groups in total. The lowest BCUT2D eigenvalue weighted by molar-refractivity contribution is 0.251. The van der Waals surface area contributed by atoms with Crippen molar-refractivity contribution in [2.75, 3.05) is 11.1 Å². The van der Waals surface area contributed by atoms with E-state index in [1.54, 1.807) is 23.1 Å². The Kier molecular flexibility index (Phi) is 5.79. The zero-order chi connectivity index (χ0) is 24.5. The number of halogens is 1. The van der Waals surface area contributed by atoms with E-state index in [1.165, 1.54) is 0 Å². The first-order valence-electron chi connectivity index (χ1n) is 10.8. The SMILES string of the molecule is Cn1ccc(CNC(=O)Nc2nc(-c3cc(Cl)c4ncccc4c3)c(-c3ccn(C)n3)nc2N)c1. The number of urea groups is 1. The van der Waals surface area contributed by atoms with Gasteiger partial charge in [-0.3, -0.25) is 15.0 Å². The summed E-state index contributed by atoms with van der Waals surface area (Å²) in [5, 5.41) is 11.3. The summed E-state index contributed by atoms with van der Waals surface area (Å²) in [6, 6.07) is 10.7. The van der Waals surface area contributed by atoms with Crippen LogP contribution in [-0.4, -0.2) is 35.3 Å². The number of carbonyl (C=O) groups is 1. The Labute approximate surface area is 205 Å². The lowest BCUT2D eigenvalue weighted by Crippen LogP contribution is -2.29. The van der Waals surface area contributed by atoms with Crippen molar-refractivity contribution in [2.45, 2.75) is 6.54 Å². The molecule has 0 fully saturated rings. The highest BCUT2D eigenvalue weighted by Gasteiger charge is 2.20. The molecule has 0 spiro atoms. The molecule has 1 aromatic carbocycles. The van der Waals surface area contributed by atoms with Gasteiger partial charge < -0.3 is 15.6 Å². The van der Waals surface area contributed by atoms with Crippen LogP contribution in [0.3, 0.4) is 0 Å². The van der Waals surface area contributed by atoms with Crippen LogP contribution in [0.5, 0.6) is 0 Å². The largest absolute Gasteiger partial charge is 0.381 e. The van der Waals surface area contributed by atoms with Crippen molar-refractivity contribution < 1.29 is 4.79 Å². The summed E-state index contributed by atoms with van der Waals surface area (Å²) in [6.07, 6.45) is 7.32. The Morgan fingerprint density at radius 3 is 2.71 bits per heavy atom. The Bertz CT molecular complexity index is 1560. The van der Waals surface area contributed by atoms with E-state index < -0.39 is 6.03 Å². The van der Waals surface area contributed by atoms with Gasteiger partial charge in [0.25, 0.3) is 0 Å². The molecule has 4 heterocycles. The number of nitrogens with two attached hydrogens (primary N) is 1. The average Bonchev–Trinajstić information content (AvgIpc) is 3.46. The maximum atomic E-state index is 12.6. The molecule has 4 aromatic heterocycles. The normalized spacial score (nSPS) is 11.1. The van der Waals surface area contributed by atoms with Crippen LogP contribution in [0.1, 0.15) is 5.56 Å². The maximum absolute atomic E-state index is 12.6. The van der Waals surface area contributed by atoms with Gasteiger partial charge in [-0.15, -0.1) is 0 Å². The minimum absolute atomic E-state index is 0.0674. The second-order valence-electron chi connectivity index (χ2n) is 8.06. The molecule has 0 bridgehead atoms. The van der Waals surface area contributed by atoms with Gasteiger partial charge in [-0.05, 0) is 35.9 Å². The molecule has 0 atom stereocenters. The third-order valence-corrected chi connectivity index (χ3v) is 5.68. The number of nitrogens with one attached hydrogen (secondary N) is 2. The fraction of sp³-hybridized carbons (Fsp3) is 0.125. The molecule has 0 aliphatic rings. The van der Waals surface area contributed by atoms with Crippen molar-refractivity contribution in [2.24, 2.45) is 14.1 Å². The van der Waals surface area contributed by atoms with E-state index in [1.807, 2.05) is 61.4 Å². The molecule has 0 saturated heterocycles. The minimum atomic E-state index is -0.452. The Hall–Kier alpha value is -4.44. The van der Waals surface area contributed by atoms with Crippen LogP contribution in [0.4, 0.5) is 16.4 Å². The van der Waals surface area contributed by atoms with Crippen molar-refractivity contribution in [1.29, 1.82) is 0 Å². The highest BCUT2D eigenvalue weighted by Crippen LogP contribution is 2.35. The van der Waals surface area contributed by atoms with E-state index in [4.69, 9.17) is 17.3 Å². The number of carbonyl (C=O) groups excluding carboxylic acids is 1. The second-order valence-corrected chi connectivity index (χ2v) is 8.46. The number of benzene rings is 1. The molecule has 10 nitrogen and oxygen atoms in total. The fourth-order valence-electron chi connectivity index (χ4n) is 3.75. The topological polar surface area (TPSA) is 129 Å². The number of nitrogens with zero attached hydrogens (tertiary/aromatic N) is 6. The number of aryl methyl sites for hydroxylation is 2. The zero-order valence-electron chi connectivity index (χ0n) is 19.0. The summed E-state index contributed by atoms with van der Waals surface area (Å²) in [4.78, 5) is 26.2. The predicted octanol–water partition coefficient (Wildman–Crippen LogP) is 3.99. The molecular formula is C24H22ClN9O. The highest BCUT2D eigenvalue weighted by atomic mass is 35.5. The molecule has 2 amide bonds. The van der Waals surface area contributed by atoms with Crippen LogP contribution in [0, 0.1) is 0 Å². The van der Waals surface area contributed by atoms with Crippen LogP contribution in [0.15, 0.2) is 61.2 Å². The third-order valence-electron chi connectivity index (χ3n) is 5.39. The molecular weight excluding hydrogens is 466 g/mol. The van der Waals surface area contributed by atoms with E-state index in [-0.39, 0.29) is 11.6 Å². The fourth-order valence-corrected chi connectivity index (χ4v) is 4.02. The number of fused-ring (bicyclic) bond motifs is 1. The van der Waals surface area contributed by atoms with Gasteiger partial charge in [-0.2, -0.15) is 5.10 Å². The molecule has 11 heteroatoms. The standard InChI is InChI=1S/C24H22ClN9O/c1-33-8-5-14(13-33)12-28-24(35)31-23-22(26)29-21(18-6-9-34(2)32-18)20(30-23)16-10-15-4-3-7-27-19(15)17(25)11-16/h3-11,13H,12H2,1-2H3,(H2,26,29)(H2,28,30,31,35). The number of aromatic nitrogens is 6. The first kappa shape index (κ1) is 22.4. The second kappa shape index (κ2) is 9.07. The summed E-state index contributed by atoms with van der Waals surface area (Å²) < 4.78 is 3.57. The summed E-state index contributed by atoms with van der Waals surface area (Å²) >= 11 is 6.53. The van der Waals surface area contributed by atoms with Gasteiger partial charge in [0.1, 0.15) is 17.1 Å². The Morgan fingerprint density at radius 1 is 1.11 bits per heavy atom. The maximum Gasteiger partial charge on any atom is 0.320 e. The van der Waals surface area contributed by atoms with Crippen molar-refractivity contribution in [3.05, 3.63) is 71.8 Å². The molecule has 0 aliphatic heterocycles. The zero-order valence-corrected chi connectivity index (χ0v) is 19.8. The summed E-state index contributed by atoms with van der Waals surface area (Å²) in [5.41, 5.74) is 10.1. The quantitative estimate of drug-likeness (QED) is 0.344. The van der Waals surface area contributed by atoms with E-state index in [0.717, 1.165) is 10.9 Å². The van der Waals surface area contributed by atoms with Crippen molar-refractivity contribution in [3.8, 4) is 22.6 Å². The predicted molar refractivity (Wildman–Crippen MR) is 136 cm³/mol. The monoisotopic (exact) mass is 487 g/mol. The van der Waals surface area contributed by atoms with Gasteiger partial charge in [-0.1, -0.05) is 17.7 Å². The van der Waals surface area contributed by atoms with Gasteiger partial charge in [0.2, 0.25) is 0 Å². The van der Waals surface area contributed by atoms with E-state index in [9.17, 15) is 4.79 Å². The average molecular weight is 488 g/mol. The number of hydrogen-bond acceptors (Lipinski definition) is 6. The summed E-state index contributed by atoms with van der Waals surface area (Å²) in [5.74, 6) is 0.200. The molecule has 0 unspecified atom stereocenters. The smallest absolute Gasteiger partial charge is 0.320 e. The molecule has 5 aromatic rings. The third kappa shape index (κ3) is 4.64. The number of anilines is 2. The van der Waals surface area contributed by atoms with Gasteiger partial charge in [0.15, 0.2) is 11.6 Å². The number of amides is 2. The number of nitrogen functional groups attached to an aromatic ring is 1. The van der Waals surface area contributed by atoms with Crippen molar-refractivity contribution >= 4 is 40.2 Å².